The third kappa shape index (κ3) is 2.92. The predicted molar refractivity (Wildman–Crippen MR) is 84.3 cm³/mol. The minimum Gasteiger partial charge on any atom is -0.376 e. The molecule has 0 aromatic heterocycles. The van der Waals surface area contributed by atoms with E-state index in [0.717, 1.165) is 24.6 Å². The number of carbonyl (C=O) groups excluding carboxylic acids is 1. The highest BCUT2D eigenvalue weighted by Crippen LogP contribution is 2.41. The molecule has 1 aliphatic heterocycles. The minimum absolute atomic E-state index is 0.00550. The number of nitrogens with two attached hydrogens (primary N) is 1. The number of rotatable bonds is 4. The summed E-state index contributed by atoms with van der Waals surface area (Å²) in [6.45, 7) is 0.640. The third-order valence-corrected chi connectivity index (χ3v) is 5.67. The van der Waals surface area contributed by atoms with Gasteiger partial charge in [0.05, 0.1) is 28.6 Å². The van der Waals surface area contributed by atoms with Gasteiger partial charge in [-0.05, 0) is 38.7 Å². The molecule has 1 aromatic carbocycles. The number of amides is 1. The molecular formula is C15H20FN3O4S. The van der Waals surface area contributed by atoms with E-state index in [1.807, 2.05) is 19.0 Å². The van der Waals surface area contributed by atoms with Crippen LogP contribution in [0.5, 0.6) is 0 Å². The maximum atomic E-state index is 14.0. The number of likely N-dealkylation sites (N-methyl/N-ethyl adjacent to an activating group) is 1. The van der Waals surface area contributed by atoms with Crippen LogP contribution in [0.1, 0.15) is 16.8 Å². The Morgan fingerprint density at radius 3 is 2.75 bits per heavy atom. The topological polar surface area (TPSA) is 102 Å². The first-order valence-corrected chi connectivity index (χ1v) is 9.16. The van der Waals surface area contributed by atoms with Crippen molar-refractivity contribution in [3.63, 3.8) is 0 Å². The summed E-state index contributed by atoms with van der Waals surface area (Å²) in [6.07, 6.45) is 0.894. The van der Waals surface area contributed by atoms with Gasteiger partial charge in [-0.2, -0.15) is 0 Å². The lowest BCUT2D eigenvalue weighted by Crippen LogP contribution is -2.69. The zero-order valence-corrected chi connectivity index (χ0v) is 14.2. The number of nitrogens with zero attached hydrogens (tertiary/aromatic N) is 1. The molecule has 0 bridgehead atoms. The van der Waals surface area contributed by atoms with Crippen LogP contribution < -0.4 is 10.5 Å². The minimum atomic E-state index is -4.01. The summed E-state index contributed by atoms with van der Waals surface area (Å²) in [4.78, 5) is 14.1. The molecular weight excluding hydrogens is 337 g/mol. The lowest BCUT2D eigenvalue weighted by molar-refractivity contribution is -0.0664. The Hall–Kier alpha value is -1.55. The molecule has 1 amide bonds. The standard InChI is InChI=1S/C15H20FN3O4S/c1-19(2)13-12(9-5-6-23-14(9)13)18-15(20)10-7-8(24(17,21)22)3-4-11(10)16/h3-4,7,9,12-14H,5-6H2,1-2H3,(H,18,20)(H2,17,21,22)/t9-,12+,13-,14-/m1/s1. The van der Waals surface area contributed by atoms with Crippen molar-refractivity contribution in [3.05, 3.63) is 29.6 Å². The van der Waals surface area contributed by atoms with Gasteiger partial charge in [0.1, 0.15) is 5.82 Å². The summed E-state index contributed by atoms with van der Waals surface area (Å²) < 4.78 is 42.4. The molecule has 9 heteroatoms. The SMILES string of the molecule is CN(C)[C@@H]1[C@@H](NC(=O)c2cc(S(N)(=O)=O)ccc2F)[C@H]2CCO[C@H]21. The Bertz CT molecular complexity index is 768. The van der Waals surface area contributed by atoms with Crippen molar-refractivity contribution in [1.29, 1.82) is 0 Å². The van der Waals surface area contributed by atoms with Crippen LogP contribution in [0.3, 0.4) is 0 Å². The first-order valence-electron chi connectivity index (χ1n) is 7.61. The molecule has 3 N–H and O–H groups in total. The molecule has 132 valence electrons. The molecule has 0 spiro atoms. The van der Waals surface area contributed by atoms with Gasteiger partial charge in [0.2, 0.25) is 10.0 Å². The number of halogens is 1. The van der Waals surface area contributed by atoms with E-state index in [0.29, 0.717) is 6.61 Å². The van der Waals surface area contributed by atoms with Crippen LogP contribution in [-0.4, -0.2) is 58.1 Å². The number of benzene rings is 1. The third-order valence-electron chi connectivity index (χ3n) is 4.75. The maximum Gasteiger partial charge on any atom is 0.254 e. The summed E-state index contributed by atoms with van der Waals surface area (Å²) in [6, 6.07) is 2.77. The van der Waals surface area contributed by atoms with Gasteiger partial charge in [0.15, 0.2) is 0 Å². The second kappa shape index (κ2) is 6.07. The number of primary sulfonamides is 1. The van der Waals surface area contributed by atoms with E-state index in [-0.39, 0.29) is 34.6 Å². The summed E-state index contributed by atoms with van der Waals surface area (Å²) in [5, 5.41) is 7.86. The smallest absolute Gasteiger partial charge is 0.254 e. The molecule has 1 saturated carbocycles. The second-order valence-electron chi connectivity index (χ2n) is 6.43. The predicted octanol–water partition coefficient (Wildman–Crippen LogP) is -0.0796. The lowest BCUT2D eigenvalue weighted by Gasteiger charge is -2.50. The highest BCUT2D eigenvalue weighted by Gasteiger charge is 2.55. The second-order valence-corrected chi connectivity index (χ2v) is 7.99. The number of hydrogen-bond acceptors (Lipinski definition) is 5. The first-order chi connectivity index (χ1) is 11.2. The Kier molecular flexibility index (Phi) is 4.37. The fourth-order valence-electron chi connectivity index (χ4n) is 3.57. The van der Waals surface area contributed by atoms with Crippen LogP contribution in [0.15, 0.2) is 23.1 Å². The monoisotopic (exact) mass is 357 g/mol. The van der Waals surface area contributed by atoms with Gasteiger partial charge in [-0.3, -0.25) is 4.79 Å². The van der Waals surface area contributed by atoms with E-state index in [9.17, 15) is 17.6 Å². The van der Waals surface area contributed by atoms with E-state index in [1.54, 1.807) is 0 Å². The quantitative estimate of drug-likeness (QED) is 0.785. The van der Waals surface area contributed by atoms with Crippen LogP contribution in [0.25, 0.3) is 0 Å². The van der Waals surface area contributed by atoms with E-state index >= 15 is 0 Å². The zero-order chi connectivity index (χ0) is 17.6. The van der Waals surface area contributed by atoms with E-state index in [4.69, 9.17) is 9.88 Å². The molecule has 2 fully saturated rings. The Labute approximate surface area is 140 Å². The first kappa shape index (κ1) is 17.3. The maximum absolute atomic E-state index is 14.0. The van der Waals surface area contributed by atoms with Gasteiger partial charge < -0.3 is 15.0 Å². The van der Waals surface area contributed by atoms with Crippen molar-refractivity contribution in [2.45, 2.75) is 29.5 Å². The summed E-state index contributed by atoms with van der Waals surface area (Å²) in [7, 11) is -0.223. The van der Waals surface area contributed by atoms with Crippen LogP contribution in [0.2, 0.25) is 0 Å². The number of hydrogen-bond donors (Lipinski definition) is 2. The number of ether oxygens (including phenoxy) is 1. The van der Waals surface area contributed by atoms with Crippen LogP contribution in [0.4, 0.5) is 4.39 Å². The Balaban J connectivity index is 1.82. The molecule has 4 atom stereocenters. The average molecular weight is 357 g/mol. The van der Waals surface area contributed by atoms with Crippen LogP contribution in [0, 0.1) is 11.7 Å². The fraction of sp³-hybridized carbons (Fsp3) is 0.533. The summed E-state index contributed by atoms with van der Waals surface area (Å²) in [5.41, 5.74) is -0.332. The van der Waals surface area contributed by atoms with Crippen molar-refractivity contribution in [2.24, 2.45) is 11.1 Å². The highest BCUT2D eigenvalue weighted by molar-refractivity contribution is 7.89. The molecule has 0 radical (unpaired) electrons. The van der Waals surface area contributed by atoms with Gasteiger partial charge in [-0.1, -0.05) is 0 Å². The number of fused-ring (bicyclic) bond motifs is 1. The average Bonchev–Trinajstić information content (AvgIpc) is 2.87. The Morgan fingerprint density at radius 1 is 1.42 bits per heavy atom. The number of nitrogens with one attached hydrogen (secondary N) is 1. The highest BCUT2D eigenvalue weighted by atomic mass is 32.2. The molecule has 2 aliphatic rings. The normalized spacial score (nSPS) is 29.2. The van der Waals surface area contributed by atoms with Crippen LogP contribution in [-0.2, 0) is 14.8 Å². The van der Waals surface area contributed by atoms with Gasteiger partial charge in [0, 0.05) is 12.5 Å². The van der Waals surface area contributed by atoms with Crippen molar-refractivity contribution < 1.29 is 22.3 Å². The largest absolute Gasteiger partial charge is 0.376 e. The fourth-order valence-corrected chi connectivity index (χ4v) is 4.11. The number of carbonyl (C=O) groups is 1. The lowest BCUT2D eigenvalue weighted by atomic mass is 9.71. The molecule has 1 heterocycles. The van der Waals surface area contributed by atoms with Crippen molar-refractivity contribution in [3.8, 4) is 0 Å². The van der Waals surface area contributed by atoms with E-state index in [2.05, 4.69) is 5.32 Å². The van der Waals surface area contributed by atoms with Crippen molar-refractivity contribution >= 4 is 15.9 Å². The van der Waals surface area contributed by atoms with Gasteiger partial charge in [-0.15, -0.1) is 0 Å². The van der Waals surface area contributed by atoms with Gasteiger partial charge in [-0.25, -0.2) is 17.9 Å². The summed E-state index contributed by atoms with van der Waals surface area (Å²) >= 11 is 0. The molecule has 7 nitrogen and oxygen atoms in total. The molecule has 3 rings (SSSR count). The van der Waals surface area contributed by atoms with Crippen molar-refractivity contribution in [2.75, 3.05) is 20.7 Å². The van der Waals surface area contributed by atoms with Gasteiger partial charge in [0.25, 0.3) is 5.91 Å². The number of sulfonamides is 1. The summed E-state index contributed by atoms with van der Waals surface area (Å²) in [5.74, 6) is -1.26. The molecule has 1 saturated heterocycles. The molecule has 1 aliphatic carbocycles. The van der Waals surface area contributed by atoms with Crippen LogP contribution >= 0.6 is 0 Å². The molecule has 24 heavy (non-hydrogen) atoms. The van der Waals surface area contributed by atoms with Gasteiger partial charge >= 0.3 is 0 Å². The zero-order valence-electron chi connectivity index (χ0n) is 13.4. The van der Waals surface area contributed by atoms with E-state index in [1.165, 1.54) is 0 Å². The molecule has 0 unspecified atom stereocenters. The van der Waals surface area contributed by atoms with Crippen molar-refractivity contribution in [1.82, 2.24) is 10.2 Å². The van der Waals surface area contributed by atoms with E-state index < -0.39 is 21.7 Å². The molecule has 1 aromatic rings. The Morgan fingerprint density at radius 2 is 2.12 bits per heavy atom.